The monoisotopic (exact) mass is 118 g/mol. The fourth-order valence-electron chi connectivity index (χ4n) is 0.757. The van der Waals surface area contributed by atoms with E-state index in [9.17, 15) is 0 Å². The summed E-state index contributed by atoms with van der Waals surface area (Å²) in [6.07, 6.45) is 0. The van der Waals surface area contributed by atoms with E-state index in [1.165, 1.54) is 5.56 Å². The van der Waals surface area contributed by atoms with Crippen LogP contribution in [0.1, 0.15) is 18.4 Å². The van der Waals surface area contributed by atoms with Gasteiger partial charge in [-0.2, -0.15) is 0 Å². The van der Waals surface area contributed by atoms with Gasteiger partial charge in [0, 0.05) is 0 Å². The first-order valence-electron chi connectivity index (χ1n) is 3.11. The summed E-state index contributed by atoms with van der Waals surface area (Å²) in [7, 11) is 0. The molecule has 0 saturated carbocycles. The minimum Gasteiger partial charge on any atom is -0.0622 e. The molecule has 1 aromatic carbocycles. The fraction of sp³-hybridized carbons (Fsp3) is 0.222. The zero-order valence-corrected chi connectivity index (χ0v) is 5.54. The Labute approximate surface area is 56.5 Å². The van der Waals surface area contributed by atoms with E-state index >= 15 is 0 Å². The smallest absolute Gasteiger partial charge is 0.0156 e. The number of benzene rings is 1. The Hall–Kier alpha value is -0.780. The first-order valence-corrected chi connectivity index (χ1v) is 3.11. The van der Waals surface area contributed by atoms with Crippen molar-refractivity contribution < 1.29 is 0 Å². The summed E-state index contributed by atoms with van der Waals surface area (Å²) in [5.74, 6) is 0.159. The Morgan fingerprint density at radius 3 is 2.11 bits per heavy atom. The predicted molar refractivity (Wildman–Crippen MR) is 39.2 cm³/mol. The Kier molecular flexibility index (Phi) is 1.88. The summed E-state index contributed by atoms with van der Waals surface area (Å²) in [4.78, 5) is 0. The van der Waals surface area contributed by atoms with Crippen molar-refractivity contribution in [2.24, 2.45) is 0 Å². The molecular weight excluding hydrogens is 108 g/mol. The van der Waals surface area contributed by atoms with Gasteiger partial charge in [0.25, 0.3) is 0 Å². The van der Waals surface area contributed by atoms with Gasteiger partial charge in [0.2, 0.25) is 0 Å². The molecule has 0 aliphatic heterocycles. The first-order chi connectivity index (χ1) is 4.30. The highest BCUT2D eigenvalue weighted by Gasteiger charge is 1.93. The molecule has 0 aliphatic rings. The van der Waals surface area contributed by atoms with E-state index in [1.54, 1.807) is 0 Å². The molecular formula is C9H10. The lowest BCUT2D eigenvalue weighted by Gasteiger charge is -2.01. The number of hydrogen-bond acceptors (Lipinski definition) is 0. The molecule has 0 aromatic heterocycles. The van der Waals surface area contributed by atoms with E-state index in [0.717, 1.165) is 0 Å². The maximum absolute atomic E-state index is 5.61. The second kappa shape index (κ2) is 2.67. The van der Waals surface area contributed by atoms with Gasteiger partial charge >= 0.3 is 0 Å². The zero-order valence-electron chi connectivity index (χ0n) is 5.54. The average molecular weight is 118 g/mol. The van der Waals surface area contributed by atoms with Gasteiger partial charge in [-0.15, -0.1) is 0 Å². The summed E-state index contributed by atoms with van der Waals surface area (Å²) >= 11 is 0. The molecule has 0 nitrogen and oxygen atoms in total. The molecule has 1 unspecified atom stereocenters. The third-order valence-electron chi connectivity index (χ3n) is 1.33. The van der Waals surface area contributed by atoms with Gasteiger partial charge in [0.1, 0.15) is 0 Å². The molecule has 1 atom stereocenters. The molecule has 0 heterocycles. The van der Waals surface area contributed by atoms with E-state index in [2.05, 4.69) is 0 Å². The van der Waals surface area contributed by atoms with Crippen LogP contribution in [0.15, 0.2) is 30.3 Å². The second-order valence-corrected chi connectivity index (χ2v) is 2.20. The molecule has 46 valence electrons. The zero-order chi connectivity index (χ0) is 6.69. The van der Waals surface area contributed by atoms with E-state index in [1.807, 2.05) is 37.3 Å². The second-order valence-electron chi connectivity index (χ2n) is 2.20. The van der Waals surface area contributed by atoms with Crippen molar-refractivity contribution in [1.29, 1.82) is 0 Å². The van der Waals surface area contributed by atoms with Crippen LogP contribution >= 0.6 is 0 Å². The van der Waals surface area contributed by atoms with Gasteiger partial charge in [-0.1, -0.05) is 37.3 Å². The molecule has 0 fully saturated rings. The largest absolute Gasteiger partial charge is 0.0622 e. The molecule has 0 aliphatic carbocycles. The molecule has 0 saturated heterocycles. The summed E-state index contributed by atoms with van der Waals surface area (Å²) in [5, 5.41) is 0. The number of rotatable bonds is 1. The van der Waals surface area contributed by atoms with Crippen LogP contribution in [-0.4, -0.2) is 0 Å². The van der Waals surface area contributed by atoms with Crippen LogP contribution in [0.5, 0.6) is 0 Å². The quantitative estimate of drug-likeness (QED) is 0.531. The molecule has 0 amide bonds. The summed E-state index contributed by atoms with van der Waals surface area (Å²) in [5.41, 5.74) is 1.19. The Morgan fingerprint density at radius 1 is 1.22 bits per heavy atom. The van der Waals surface area contributed by atoms with Gasteiger partial charge in [-0.3, -0.25) is 0 Å². The van der Waals surface area contributed by atoms with Gasteiger partial charge in [0.15, 0.2) is 0 Å². The standard InChI is InChI=1S/C9H10/c1-8(2)9-6-4-3-5-7-9/h1,3-8H,2H3. The molecule has 0 heteroatoms. The van der Waals surface area contributed by atoms with Crippen molar-refractivity contribution in [2.75, 3.05) is 0 Å². The van der Waals surface area contributed by atoms with Crippen molar-refractivity contribution in [2.45, 2.75) is 12.8 Å². The summed E-state index contributed by atoms with van der Waals surface area (Å²) < 4.78 is 0. The Bertz CT molecular complexity index is 163. The third-order valence-corrected chi connectivity index (χ3v) is 1.33. The SMILES string of the molecule is [CH]C(C)c1ccccc1. The van der Waals surface area contributed by atoms with Crippen LogP contribution in [0.25, 0.3) is 0 Å². The maximum Gasteiger partial charge on any atom is -0.0156 e. The van der Waals surface area contributed by atoms with Crippen LogP contribution in [0, 0.1) is 6.92 Å². The van der Waals surface area contributed by atoms with E-state index < -0.39 is 0 Å². The fourth-order valence-corrected chi connectivity index (χ4v) is 0.757. The molecule has 9 heavy (non-hydrogen) atoms. The van der Waals surface area contributed by atoms with Crippen molar-refractivity contribution in [1.82, 2.24) is 0 Å². The lowest BCUT2D eigenvalue weighted by molar-refractivity contribution is 0.964. The summed E-state index contributed by atoms with van der Waals surface area (Å²) in [6.45, 7) is 7.60. The first kappa shape index (κ1) is 6.34. The van der Waals surface area contributed by atoms with Gasteiger partial charge in [-0.05, 0) is 18.4 Å². The molecule has 2 radical (unpaired) electrons. The molecule has 1 rings (SSSR count). The highest BCUT2D eigenvalue weighted by Crippen LogP contribution is 2.11. The van der Waals surface area contributed by atoms with E-state index in [-0.39, 0.29) is 5.92 Å². The Morgan fingerprint density at radius 2 is 1.78 bits per heavy atom. The van der Waals surface area contributed by atoms with Gasteiger partial charge < -0.3 is 0 Å². The van der Waals surface area contributed by atoms with Crippen LogP contribution in [0.3, 0.4) is 0 Å². The van der Waals surface area contributed by atoms with Gasteiger partial charge in [0.05, 0.1) is 0 Å². The van der Waals surface area contributed by atoms with Crippen LogP contribution < -0.4 is 0 Å². The average Bonchev–Trinajstić information content (AvgIpc) is 1.90. The van der Waals surface area contributed by atoms with Crippen molar-refractivity contribution in [3.8, 4) is 0 Å². The van der Waals surface area contributed by atoms with E-state index in [0.29, 0.717) is 0 Å². The van der Waals surface area contributed by atoms with Crippen molar-refractivity contribution in [3.05, 3.63) is 42.8 Å². The van der Waals surface area contributed by atoms with Crippen LogP contribution in [0.4, 0.5) is 0 Å². The third kappa shape index (κ3) is 1.56. The molecule has 1 aromatic rings. The normalized spacial score (nSPS) is 10.1. The lowest BCUT2D eigenvalue weighted by Crippen LogP contribution is -1.83. The molecule has 0 spiro atoms. The van der Waals surface area contributed by atoms with Crippen molar-refractivity contribution in [3.63, 3.8) is 0 Å². The minimum atomic E-state index is 0.159. The number of hydrogen-bond donors (Lipinski definition) is 0. The Balaban J connectivity index is 2.85. The maximum atomic E-state index is 5.61. The summed E-state index contributed by atoms with van der Waals surface area (Å²) in [6, 6.07) is 10.1. The topological polar surface area (TPSA) is 0 Å². The highest BCUT2D eigenvalue weighted by atomic mass is 14.0. The predicted octanol–water partition coefficient (Wildman–Crippen LogP) is 2.50. The lowest BCUT2D eigenvalue weighted by atomic mass is 10.0. The minimum absolute atomic E-state index is 0.159. The van der Waals surface area contributed by atoms with Crippen molar-refractivity contribution >= 4 is 0 Å². The van der Waals surface area contributed by atoms with Crippen LogP contribution in [-0.2, 0) is 0 Å². The highest BCUT2D eigenvalue weighted by molar-refractivity contribution is 5.19. The molecule has 0 N–H and O–H groups in total. The van der Waals surface area contributed by atoms with Crippen LogP contribution in [0.2, 0.25) is 0 Å². The van der Waals surface area contributed by atoms with Gasteiger partial charge in [-0.25, -0.2) is 0 Å². The van der Waals surface area contributed by atoms with E-state index in [4.69, 9.17) is 6.92 Å². The molecule has 0 bridgehead atoms.